The molecule has 0 aromatic carbocycles. The SMILES string of the molecule is [2H]C(=O)C(CCCCCC)C1(O)O[C@H](CO)[C@@H](O)[C@H](O)[C@H]1NC. The van der Waals surface area contributed by atoms with E-state index >= 15 is 0 Å². The van der Waals surface area contributed by atoms with Crippen molar-refractivity contribution in [3.63, 3.8) is 0 Å². The molecule has 2 unspecified atom stereocenters. The second kappa shape index (κ2) is 8.90. The molecule has 1 saturated heterocycles. The van der Waals surface area contributed by atoms with Crippen molar-refractivity contribution in [1.82, 2.24) is 5.32 Å². The number of aldehydes is 1. The fourth-order valence-electron chi connectivity index (χ4n) is 2.99. The van der Waals surface area contributed by atoms with Gasteiger partial charge in [0, 0.05) is 0 Å². The summed E-state index contributed by atoms with van der Waals surface area (Å²) in [6, 6.07) is -1.15. The van der Waals surface area contributed by atoms with Crippen LogP contribution in [0, 0.1) is 5.92 Å². The Balaban J connectivity index is 3.00. The van der Waals surface area contributed by atoms with E-state index in [1.807, 2.05) is 6.92 Å². The van der Waals surface area contributed by atoms with E-state index in [0.29, 0.717) is 6.42 Å². The van der Waals surface area contributed by atoms with Crippen LogP contribution in [0.2, 0.25) is 0 Å². The lowest BCUT2D eigenvalue weighted by atomic mass is 9.81. The van der Waals surface area contributed by atoms with Gasteiger partial charge in [-0.25, -0.2) is 0 Å². The summed E-state index contributed by atoms with van der Waals surface area (Å²) in [6.07, 6.45) is -1.35. The Morgan fingerprint density at radius 3 is 2.55 bits per heavy atom. The van der Waals surface area contributed by atoms with Crippen molar-refractivity contribution in [1.29, 1.82) is 0 Å². The van der Waals surface area contributed by atoms with Crippen LogP contribution in [0.25, 0.3) is 0 Å². The standard InChI is InChI=1S/C15H29NO6/c1-3-4-5-6-7-10(8-17)15(21)14(16-2)13(20)12(19)11(9-18)22-15/h8,10-14,16,18-21H,3-7,9H2,1-2H3/t10?,11-,12-,13+,14-,15?/m1/s1/i8D. The Kier molecular flexibility index (Phi) is 7.20. The summed E-state index contributed by atoms with van der Waals surface area (Å²) in [7, 11) is 1.46. The van der Waals surface area contributed by atoms with Gasteiger partial charge in [0.1, 0.15) is 25.9 Å². The molecule has 22 heavy (non-hydrogen) atoms. The average molecular weight is 320 g/mol. The van der Waals surface area contributed by atoms with Crippen LogP contribution in [0.5, 0.6) is 0 Å². The second-order valence-electron chi connectivity index (χ2n) is 5.86. The Labute approximate surface area is 132 Å². The van der Waals surface area contributed by atoms with Crippen molar-refractivity contribution < 1.29 is 31.3 Å². The first-order chi connectivity index (χ1) is 10.8. The van der Waals surface area contributed by atoms with Gasteiger partial charge in [-0.1, -0.05) is 32.6 Å². The summed E-state index contributed by atoms with van der Waals surface area (Å²) in [5.74, 6) is -3.33. The van der Waals surface area contributed by atoms with Crippen LogP contribution in [-0.2, 0) is 9.53 Å². The minimum atomic E-state index is -2.16. The highest BCUT2D eigenvalue weighted by molar-refractivity contribution is 5.55. The molecule has 0 radical (unpaired) electrons. The Morgan fingerprint density at radius 2 is 2.05 bits per heavy atom. The predicted molar refractivity (Wildman–Crippen MR) is 80.1 cm³/mol. The molecule has 0 aromatic rings. The topological polar surface area (TPSA) is 119 Å². The number of aliphatic hydroxyl groups is 4. The highest BCUT2D eigenvalue weighted by atomic mass is 16.6. The van der Waals surface area contributed by atoms with E-state index in [1.54, 1.807) is 0 Å². The van der Waals surface area contributed by atoms with E-state index < -0.39 is 48.9 Å². The molecule has 1 aliphatic rings. The number of carbonyl (C=O) groups is 1. The number of ether oxygens (including phenoxy) is 1. The summed E-state index contributed by atoms with van der Waals surface area (Å²) in [5, 5.41) is 42.9. The molecule has 7 nitrogen and oxygen atoms in total. The molecule has 5 N–H and O–H groups in total. The van der Waals surface area contributed by atoms with Crippen molar-refractivity contribution in [3.05, 3.63) is 0 Å². The summed E-state index contributed by atoms with van der Waals surface area (Å²) >= 11 is 0. The van der Waals surface area contributed by atoms with Crippen LogP contribution in [-0.4, -0.2) is 70.5 Å². The molecule has 1 fully saturated rings. The highest BCUT2D eigenvalue weighted by Crippen LogP contribution is 2.35. The fraction of sp³-hybridized carbons (Fsp3) is 0.933. The fourth-order valence-corrected chi connectivity index (χ4v) is 2.99. The molecule has 1 aliphatic heterocycles. The summed E-state index contributed by atoms with van der Waals surface area (Å²) in [6.45, 7) is 1.43. The van der Waals surface area contributed by atoms with Crippen molar-refractivity contribution in [2.75, 3.05) is 13.7 Å². The highest BCUT2D eigenvalue weighted by Gasteiger charge is 2.56. The van der Waals surface area contributed by atoms with E-state index in [0.717, 1.165) is 19.3 Å². The van der Waals surface area contributed by atoms with Gasteiger partial charge >= 0.3 is 0 Å². The third-order valence-electron chi connectivity index (χ3n) is 4.34. The second-order valence-corrected chi connectivity index (χ2v) is 5.86. The van der Waals surface area contributed by atoms with Crippen LogP contribution in [0.4, 0.5) is 0 Å². The molecule has 7 heteroatoms. The molecule has 0 aromatic heterocycles. The molecule has 0 spiro atoms. The van der Waals surface area contributed by atoms with Gasteiger partial charge in [0.25, 0.3) is 0 Å². The number of unbranched alkanes of at least 4 members (excludes halogenated alkanes) is 3. The Bertz CT molecular complexity index is 385. The average Bonchev–Trinajstić information content (AvgIpc) is 2.51. The van der Waals surface area contributed by atoms with Gasteiger partial charge in [0.2, 0.25) is 0 Å². The summed E-state index contributed by atoms with van der Waals surface area (Å²) < 4.78 is 12.8. The molecule has 1 rings (SSSR count). The van der Waals surface area contributed by atoms with E-state index in [-0.39, 0.29) is 6.42 Å². The summed E-state index contributed by atoms with van der Waals surface area (Å²) in [4.78, 5) is 11.7. The lowest BCUT2D eigenvalue weighted by Crippen LogP contribution is -2.71. The summed E-state index contributed by atoms with van der Waals surface area (Å²) in [5.41, 5.74) is 0. The van der Waals surface area contributed by atoms with Crippen LogP contribution >= 0.6 is 0 Å². The van der Waals surface area contributed by atoms with Crippen LogP contribution in [0.3, 0.4) is 0 Å². The van der Waals surface area contributed by atoms with Crippen LogP contribution in [0.1, 0.15) is 40.4 Å². The Hall–Kier alpha value is -0.570. The molecule has 0 bridgehead atoms. The van der Waals surface area contributed by atoms with Gasteiger partial charge in [-0.05, 0) is 13.5 Å². The zero-order valence-corrected chi connectivity index (χ0v) is 13.2. The molecule has 130 valence electrons. The normalized spacial score (nSPS) is 37.6. The largest absolute Gasteiger partial charge is 0.394 e. The molecule has 0 amide bonds. The first kappa shape index (κ1) is 17.8. The van der Waals surface area contributed by atoms with Gasteiger partial charge in [-0.3, -0.25) is 0 Å². The number of nitrogens with one attached hydrogen (secondary N) is 1. The van der Waals surface area contributed by atoms with Crippen molar-refractivity contribution >= 4 is 6.26 Å². The zero-order chi connectivity index (χ0) is 17.6. The number of aliphatic hydroxyl groups excluding tert-OH is 3. The number of likely N-dealkylation sites (N-methyl/N-ethyl adjacent to an activating group) is 1. The maximum Gasteiger partial charge on any atom is 0.193 e. The number of hydrogen-bond donors (Lipinski definition) is 5. The first-order valence-corrected chi connectivity index (χ1v) is 7.88. The maximum atomic E-state index is 11.7. The first-order valence-electron chi connectivity index (χ1n) is 8.38. The van der Waals surface area contributed by atoms with Crippen molar-refractivity contribution in [3.8, 4) is 0 Å². The van der Waals surface area contributed by atoms with Crippen molar-refractivity contribution in [2.24, 2.45) is 5.92 Å². The predicted octanol–water partition coefficient (Wildman–Crippen LogP) is -0.839. The molecular formula is C15H29NO6. The molecule has 1 heterocycles. The van der Waals surface area contributed by atoms with E-state index in [9.17, 15) is 25.2 Å². The van der Waals surface area contributed by atoms with Gasteiger partial charge in [0.15, 0.2) is 5.79 Å². The van der Waals surface area contributed by atoms with Gasteiger partial charge in [-0.15, -0.1) is 0 Å². The molecule has 0 aliphatic carbocycles. The smallest absolute Gasteiger partial charge is 0.193 e. The number of carbonyl (C=O) groups excluding carboxylic acids is 1. The lowest BCUT2D eigenvalue weighted by molar-refractivity contribution is -0.333. The van der Waals surface area contributed by atoms with Gasteiger partial charge in [-0.2, -0.15) is 0 Å². The number of hydrogen-bond acceptors (Lipinski definition) is 7. The monoisotopic (exact) mass is 320 g/mol. The van der Waals surface area contributed by atoms with E-state index in [4.69, 9.17) is 6.11 Å². The van der Waals surface area contributed by atoms with Crippen molar-refractivity contribution in [2.45, 2.75) is 69.2 Å². The van der Waals surface area contributed by atoms with Gasteiger partial charge in [0.05, 0.1) is 18.6 Å². The minimum absolute atomic E-state index is 0.234. The van der Waals surface area contributed by atoms with Crippen LogP contribution in [0.15, 0.2) is 0 Å². The molecule has 6 atom stereocenters. The Morgan fingerprint density at radius 1 is 1.36 bits per heavy atom. The lowest BCUT2D eigenvalue weighted by Gasteiger charge is -2.49. The molecule has 0 saturated carbocycles. The van der Waals surface area contributed by atoms with Gasteiger partial charge < -0.3 is 35.3 Å². The maximum absolute atomic E-state index is 11.7. The third-order valence-corrected chi connectivity index (χ3v) is 4.34. The van der Waals surface area contributed by atoms with E-state index in [2.05, 4.69) is 5.32 Å². The van der Waals surface area contributed by atoms with E-state index in [1.165, 1.54) is 7.05 Å². The molecular weight excluding hydrogens is 290 g/mol. The quantitative estimate of drug-likeness (QED) is 0.278. The third kappa shape index (κ3) is 4.04. The minimum Gasteiger partial charge on any atom is -0.394 e. The van der Waals surface area contributed by atoms with Crippen LogP contribution < -0.4 is 5.32 Å². The number of rotatable bonds is 9. The zero-order valence-electron chi connectivity index (χ0n) is 14.2.